The Morgan fingerprint density at radius 2 is 1.87 bits per heavy atom. The quantitative estimate of drug-likeness (QED) is 0.310. The summed E-state index contributed by atoms with van der Waals surface area (Å²) in [7, 11) is -4.83. The van der Waals surface area contributed by atoms with Gasteiger partial charge in [0.25, 0.3) is 0 Å². The van der Waals surface area contributed by atoms with Crippen molar-refractivity contribution >= 4 is 33.0 Å². The van der Waals surface area contributed by atoms with Gasteiger partial charge in [-0.3, -0.25) is 20.2 Å². The molecule has 2 unspecified atom stereocenters. The normalized spacial score (nSPS) is 33.5. The summed E-state index contributed by atoms with van der Waals surface area (Å²) in [4.78, 5) is 18.2. The largest absolute Gasteiger partial charge is 0.436 e. The van der Waals surface area contributed by atoms with Crippen LogP contribution >= 0.6 is 23.2 Å². The zero-order valence-electron chi connectivity index (χ0n) is 6.66. The van der Waals surface area contributed by atoms with Gasteiger partial charge in [0.05, 0.1) is 4.92 Å². The molecule has 0 N–H and O–H groups in total. The molecule has 0 aliphatic carbocycles. The number of hydrogen-bond donors (Lipinski definition) is 0. The molecule has 1 heterocycles. The maximum absolute atomic E-state index is 11.4. The minimum absolute atomic E-state index is 0.437. The lowest BCUT2D eigenvalue weighted by Crippen LogP contribution is -2.43. The SMILES string of the molecule is O=[N+]([O-])C1C=C(Cl)C(Cl)([N+](=O)[O-])S1(=O)=O. The Bertz CT molecular complexity index is 472. The van der Waals surface area contributed by atoms with Crippen molar-refractivity contribution in [1.29, 1.82) is 0 Å². The van der Waals surface area contributed by atoms with Crippen molar-refractivity contribution in [3.8, 4) is 0 Å². The highest BCUT2D eigenvalue weighted by atomic mass is 35.5. The average Bonchev–Trinajstić information content (AvgIpc) is 2.26. The van der Waals surface area contributed by atoms with Crippen LogP contribution in [0.1, 0.15) is 0 Å². The highest BCUT2D eigenvalue weighted by molar-refractivity contribution is 7.95. The zero-order valence-corrected chi connectivity index (χ0v) is 8.99. The summed E-state index contributed by atoms with van der Waals surface area (Å²) < 4.78 is 19.6. The van der Waals surface area contributed by atoms with Gasteiger partial charge < -0.3 is 0 Å². The standard InChI is InChI=1S/C4H2Cl2N2O6S/c5-2-1-3(7(9)10)15(13,14)4(2,6)8(11)12/h1,3H. The van der Waals surface area contributed by atoms with E-state index in [0.717, 1.165) is 0 Å². The van der Waals surface area contributed by atoms with E-state index in [9.17, 15) is 28.6 Å². The number of rotatable bonds is 2. The third-order valence-corrected chi connectivity index (χ3v) is 5.38. The van der Waals surface area contributed by atoms with Crippen LogP contribution in [0.2, 0.25) is 0 Å². The monoisotopic (exact) mass is 276 g/mol. The number of sulfone groups is 1. The van der Waals surface area contributed by atoms with E-state index in [0.29, 0.717) is 6.08 Å². The van der Waals surface area contributed by atoms with Crippen LogP contribution in [0.25, 0.3) is 0 Å². The predicted molar refractivity (Wildman–Crippen MR) is 49.2 cm³/mol. The first-order valence-electron chi connectivity index (χ1n) is 3.24. The Morgan fingerprint density at radius 1 is 1.40 bits per heavy atom. The molecular formula is C4H2Cl2N2O6S. The molecule has 0 saturated heterocycles. The summed E-state index contributed by atoms with van der Waals surface area (Å²) in [5, 5.41) is 17.6. The van der Waals surface area contributed by atoms with E-state index >= 15 is 0 Å². The van der Waals surface area contributed by atoms with E-state index in [1.807, 2.05) is 0 Å². The Hall–Kier alpha value is -0.930. The van der Waals surface area contributed by atoms with Crippen molar-refractivity contribution in [3.63, 3.8) is 0 Å². The Balaban J connectivity index is 3.46. The summed E-state index contributed by atoms with van der Waals surface area (Å²) in [6.45, 7) is 0. The molecule has 0 aromatic carbocycles. The second-order valence-corrected chi connectivity index (χ2v) is 5.90. The lowest BCUT2D eigenvalue weighted by Gasteiger charge is -2.11. The maximum atomic E-state index is 11.4. The van der Waals surface area contributed by atoms with Crippen molar-refractivity contribution < 1.29 is 18.3 Å². The summed E-state index contributed by atoms with van der Waals surface area (Å²) in [6, 6.07) is 0. The van der Waals surface area contributed by atoms with Crippen LogP contribution in [0.5, 0.6) is 0 Å². The number of nitro groups is 2. The molecule has 0 radical (unpaired) electrons. The van der Waals surface area contributed by atoms with Gasteiger partial charge in [-0.2, -0.15) is 0 Å². The summed E-state index contributed by atoms with van der Waals surface area (Å²) >= 11 is 10.4. The Morgan fingerprint density at radius 3 is 2.07 bits per heavy atom. The molecular weight excluding hydrogens is 275 g/mol. The van der Waals surface area contributed by atoms with Gasteiger partial charge in [-0.05, 0) is 11.6 Å². The maximum Gasteiger partial charge on any atom is 0.436 e. The van der Waals surface area contributed by atoms with Crippen LogP contribution in [-0.4, -0.2) is 28.0 Å². The molecule has 1 aliphatic rings. The van der Waals surface area contributed by atoms with E-state index in [-0.39, 0.29) is 0 Å². The van der Waals surface area contributed by atoms with Gasteiger partial charge in [-0.25, -0.2) is 8.42 Å². The van der Waals surface area contributed by atoms with Crippen LogP contribution in [0, 0.1) is 20.2 Å². The van der Waals surface area contributed by atoms with Crippen molar-refractivity contribution in [3.05, 3.63) is 31.3 Å². The van der Waals surface area contributed by atoms with Crippen LogP contribution in [0.15, 0.2) is 11.1 Å². The van der Waals surface area contributed by atoms with Crippen LogP contribution in [0.4, 0.5) is 0 Å². The van der Waals surface area contributed by atoms with Gasteiger partial charge in [0.2, 0.25) is 0 Å². The molecule has 0 spiro atoms. The molecule has 0 saturated carbocycles. The number of halogens is 2. The fourth-order valence-electron chi connectivity index (χ4n) is 0.979. The zero-order chi connectivity index (χ0) is 12.0. The molecule has 1 aliphatic heterocycles. The van der Waals surface area contributed by atoms with E-state index in [1.54, 1.807) is 0 Å². The molecule has 1 rings (SSSR count). The Labute approximate surface area is 92.7 Å². The molecule has 0 amide bonds. The number of hydrogen-bond acceptors (Lipinski definition) is 6. The van der Waals surface area contributed by atoms with Crippen molar-refractivity contribution in [2.24, 2.45) is 0 Å². The van der Waals surface area contributed by atoms with E-state index in [2.05, 4.69) is 0 Å². The summed E-state index contributed by atoms with van der Waals surface area (Å²) in [6.07, 6.45) is 0.437. The molecule has 84 valence electrons. The van der Waals surface area contributed by atoms with E-state index in [4.69, 9.17) is 23.2 Å². The highest BCUT2D eigenvalue weighted by Crippen LogP contribution is 2.43. The molecule has 2 atom stereocenters. The Kier molecular flexibility index (Phi) is 2.66. The third-order valence-electron chi connectivity index (χ3n) is 1.72. The fourth-order valence-corrected chi connectivity index (χ4v) is 3.31. The van der Waals surface area contributed by atoms with Gasteiger partial charge in [0, 0.05) is 11.0 Å². The molecule has 0 fully saturated rings. The second kappa shape index (κ2) is 3.29. The topological polar surface area (TPSA) is 120 Å². The number of alkyl halides is 1. The third kappa shape index (κ3) is 1.38. The van der Waals surface area contributed by atoms with Crippen LogP contribution in [0.3, 0.4) is 0 Å². The lowest BCUT2D eigenvalue weighted by molar-refractivity contribution is -0.506. The highest BCUT2D eigenvalue weighted by Gasteiger charge is 2.69. The first kappa shape index (κ1) is 12.1. The predicted octanol–water partition coefficient (Wildman–Crippen LogP) is 0.310. The fraction of sp³-hybridized carbons (Fsp3) is 0.500. The van der Waals surface area contributed by atoms with Gasteiger partial charge in [0.1, 0.15) is 5.03 Å². The molecule has 11 heteroatoms. The van der Waals surface area contributed by atoms with Gasteiger partial charge in [-0.15, -0.1) is 0 Å². The van der Waals surface area contributed by atoms with Gasteiger partial charge >= 0.3 is 19.5 Å². The van der Waals surface area contributed by atoms with E-state index in [1.165, 1.54) is 0 Å². The van der Waals surface area contributed by atoms with Crippen molar-refractivity contribution in [1.82, 2.24) is 0 Å². The van der Waals surface area contributed by atoms with Gasteiger partial charge in [-0.1, -0.05) is 11.6 Å². The first-order valence-corrected chi connectivity index (χ1v) is 5.54. The molecule has 0 aromatic heterocycles. The van der Waals surface area contributed by atoms with Crippen LogP contribution in [-0.2, 0) is 9.84 Å². The first-order chi connectivity index (χ1) is 6.65. The summed E-state index contributed by atoms with van der Waals surface area (Å²) in [5.74, 6) is 0. The average molecular weight is 277 g/mol. The van der Waals surface area contributed by atoms with Gasteiger partial charge in [0.15, 0.2) is 0 Å². The smallest absolute Gasteiger partial charge is 0.263 e. The van der Waals surface area contributed by atoms with E-state index < -0.39 is 34.4 Å². The van der Waals surface area contributed by atoms with Crippen molar-refractivity contribution in [2.75, 3.05) is 0 Å². The minimum atomic E-state index is -4.83. The van der Waals surface area contributed by atoms with Crippen LogP contribution < -0.4 is 0 Å². The number of nitrogens with zero attached hydrogens (tertiary/aromatic N) is 2. The molecule has 15 heavy (non-hydrogen) atoms. The second-order valence-electron chi connectivity index (χ2n) is 2.55. The minimum Gasteiger partial charge on any atom is -0.263 e. The molecule has 0 aromatic rings. The molecule has 0 bridgehead atoms. The van der Waals surface area contributed by atoms with Crippen molar-refractivity contribution in [2.45, 2.75) is 9.70 Å². The molecule has 8 nitrogen and oxygen atoms in total. The summed E-state index contributed by atoms with van der Waals surface area (Å²) in [5.41, 5.74) is 0. The lowest BCUT2D eigenvalue weighted by atomic mass is 10.5.